The largest absolute Gasteiger partial charge is 0.469 e. The molecule has 1 unspecified atom stereocenters. The van der Waals surface area contributed by atoms with Gasteiger partial charge in [0.05, 0.1) is 24.5 Å². The van der Waals surface area contributed by atoms with Gasteiger partial charge >= 0.3 is 5.97 Å². The van der Waals surface area contributed by atoms with Gasteiger partial charge in [0.25, 0.3) is 0 Å². The van der Waals surface area contributed by atoms with Crippen LogP contribution in [0.5, 0.6) is 0 Å². The minimum Gasteiger partial charge on any atom is -0.469 e. The van der Waals surface area contributed by atoms with Crippen LogP contribution in [0, 0.1) is 0 Å². The van der Waals surface area contributed by atoms with E-state index in [2.05, 4.69) is 4.74 Å². The summed E-state index contributed by atoms with van der Waals surface area (Å²) in [7, 11) is -1.03. The fourth-order valence-corrected chi connectivity index (χ4v) is 3.00. The molecular weight excluding hydrogens is 294 g/mol. The van der Waals surface area contributed by atoms with E-state index < -0.39 is 22.1 Å². The van der Waals surface area contributed by atoms with Gasteiger partial charge in [-0.25, -0.2) is 12.7 Å². The van der Waals surface area contributed by atoms with E-state index in [0.717, 1.165) is 4.31 Å². The first-order valence-corrected chi connectivity index (χ1v) is 8.08. The Kier molecular flexibility index (Phi) is 6.32. The van der Waals surface area contributed by atoms with E-state index in [0.29, 0.717) is 12.0 Å². The van der Waals surface area contributed by atoms with Crippen LogP contribution in [-0.4, -0.2) is 44.5 Å². The van der Waals surface area contributed by atoms with Gasteiger partial charge in [-0.15, -0.1) is 0 Å². The molecule has 0 aromatic heterocycles. The number of carbonyl (C=O) groups is 1. The number of rotatable bonds is 7. The van der Waals surface area contributed by atoms with Crippen LogP contribution in [0.1, 0.15) is 31.4 Å². The third-order valence-electron chi connectivity index (χ3n) is 3.20. The summed E-state index contributed by atoms with van der Waals surface area (Å²) in [6.07, 6.45) is -0.203. The average molecular weight is 315 g/mol. The number of carbonyl (C=O) groups excluding carboxylic acids is 1. The molecule has 0 bridgehead atoms. The van der Waals surface area contributed by atoms with E-state index >= 15 is 0 Å². The van der Waals surface area contributed by atoms with E-state index in [1.54, 1.807) is 12.1 Å². The fourth-order valence-electron chi connectivity index (χ4n) is 1.77. The lowest BCUT2D eigenvalue weighted by Crippen LogP contribution is -2.29. The molecule has 0 heterocycles. The lowest BCUT2D eigenvalue weighted by Gasteiger charge is -2.17. The third-order valence-corrected chi connectivity index (χ3v) is 5.05. The Bertz CT molecular complexity index is 585. The number of methoxy groups -OCH3 is 1. The highest BCUT2D eigenvalue weighted by Gasteiger charge is 2.22. The van der Waals surface area contributed by atoms with Crippen molar-refractivity contribution in [3.05, 3.63) is 29.8 Å². The van der Waals surface area contributed by atoms with Crippen molar-refractivity contribution in [2.45, 2.75) is 30.8 Å². The van der Waals surface area contributed by atoms with Crippen molar-refractivity contribution >= 4 is 16.0 Å². The van der Waals surface area contributed by atoms with Crippen LogP contribution < -0.4 is 0 Å². The van der Waals surface area contributed by atoms with Crippen molar-refractivity contribution in [3.63, 3.8) is 0 Å². The zero-order valence-electron chi connectivity index (χ0n) is 12.4. The Hall–Kier alpha value is -1.44. The molecule has 0 aliphatic carbocycles. The number of nitrogens with zero attached hydrogens (tertiary/aromatic N) is 1. The lowest BCUT2D eigenvalue weighted by atomic mass is 10.1. The summed E-state index contributed by atoms with van der Waals surface area (Å²) < 4.78 is 30.4. The molecule has 1 aromatic carbocycles. The Morgan fingerprint density at radius 3 is 2.67 bits per heavy atom. The Morgan fingerprint density at radius 2 is 2.10 bits per heavy atom. The van der Waals surface area contributed by atoms with Crippen LogP contribution in [0.4, 0.5) is 0 Å². The second-order valence-corrected chi connectivity index (χ2v) is 6.69. The number of hydrogen-bond acceptors (Lipinski definition) is 5. The topological polar surface area (TPSA) is 83.9 Å². The molecule has 118 valence electrons. The molecule has 1 rings (SSSR count). The summed E-state index contributed by atoms with van der Waals surface area (Å²) in [4.78, 5) is 11.2. The summed E-state index contributed by atoms with van der Waals surface area (Å²) in [5.74, 6) is -0.466. The van der Waals surface area contributed by atoms with Crippen LogP contribution in [0.15, 0.2) is 29.2 Å². The maximum Gasteiger partial charge on any atom is 0.306 e. The molecule has 0 aliphatic rings. The number of ether oxygens (including phenoxy) is 1. The standard InChI is InChI=1S/C14H21NO5S/c1-4-13(16)11-6-5-7-12(10-11)21(18,19)15(2)9-8-14(17)20-3/h5-7,10,13,16H,4,8-9H2,1-3H3. The number of hydrogen-bond donors (Lipinski definition) is 1. The predicted molar refractivity (Wildman–Crippen MR) is 78.1 cm³/mol. The van der Waals surface area contributed by atoms with Crippen LogP contribution in [0.3, 0.4) is 0 Å². The van der Waals surface area contributed by atoms with Gasteiger partial charge in [0.2, 0.25) is 10.0 Å². The highest BCUT2D eigenvalue weighted by molar-refractivity contribution is 7.89. The Balaban J connectivity index is 2.94. The van der Waals surface area contributed by atoms with Crippen LogP contribution in [0.2, 0.25) is 0 Å². The highest BCUT2D eigenvalue weighted by atomic mass is 32.2. The molecule has 7 heteroatoms. The zero-order valence-corrected chi connectivity index (χ0v) is 13.3. The minimum absolute atomic E-state index is 0.0104. The van der Waals surface area contributed by atoms with Crippen molar-refractivity contribution in [2.24, 2.45) is 0 Å². The number of esters is 1. The molecule has 0 spiro atoms. The summed E-state index contributed by atoms with van der Waals surface area (Å²) in [5, 5.41) is 9.80. The van der Waals surface area contributed by atoms with Crippen molar-refractivity contribution in [1.82, 2.24) is 4.31 Å². The van der Waals surface area contributed by atoms with E-state index in [1.165, 1.54) is 26.3 Å². The van der Waals surface area contributed by atoms with E-state index in [1.807, 2.05) is 6.92 Å². The maximum atomic E-state index is 12.4. The molecule has 0 saturated carbocycles. The molecule has 0 fully saturated rings. The van der Waals surface area contributed by atoms with Gasteiger partial charge in [0.1, 0.15) is 0 Å². The van der Waals surface area contributed by atoms with E-state index in [-0.39, 0.29) is 17.9 Å². The first kappa shape index (κ1) is 17.6. The van der Waals surface area contributed by atoms with Gasteiger partial charge in [-0.05, 0) is 24.1 Å². The lowest BCUT2D eigenvalue weighted by molar-refractivity contribution is -0.140. The molecule has 1 aromatic rings. The number of aliphatic hydroxyl groups excluding tert-OH is 1. The normalized spacial score (nSPS) is 13.2. The Labute approximate surface area is 125 Å². The molecule has 1 N–H and O–H groups in total. The summed E-state index contributed by atoms with van der Waals surface area (Å²) in [6.45, 7) is 1.85. The molecule has 21 heavy (non-hydrogen) atoms. The fraction of sp³-hybridized carbons (Fsp3) is 0.500. The van der Waals surface area contributed by atoms with E-state index in [9.17, 15) is 18.3 Å². The molecule has 1 atom stereocenters. The molecular formula is C14H21NO5S. The van der Waals surface area contributed by atoms with Crippen molar-refractivity contribution in [2.75, 3.05) is 20.7 Å². The van der Waals surface area contributed by atoms with Gasteiger partial charge < -0.3 is 9.84 Å². The predicted octanol–water partition coefficient (Wildman–Crippen LogP) is 1.31. The SMILES string of the molecule is CCC(O)c1cccc(S(=O)(=O)N(C)CCC(=O)OC)c1. The second kappa shape index (κ2) is 7.53. The van der Waals surface area contributed by atoms with Crippen LogP contribution in [-0.2, 0) is 19.6 Å². The van der Waals surface area contributed by atoms with Gasteiger partial charge in [0, 0.05) is 13.6 Å². The molecule has 0 radical (unpaired) electrons. The summed E-state index contributed by atoms with van der Waals surface area (Å²) >= 11 is 0. The summed E-state index contributed by atoms with van der Waals surface area (Å²) in [6, 6.07) is 6.20. The number of aliphatic hydroxyl groups is 1. The minimum atomic E-state index is -3.69. The first-order chi connectivity index (χ1) is 9.82. The van der Waals surface area contributed by atoms with Gasteiger partial charge in [-0.3, -0.25) is 4.79 Å². The van der Waals surface area contributed by atoms with Crippen LogP contribution in [0.25, 0.3) is 0 Å². The van der Waals surface area contributed by atoms with Crippen LogP contribution >= 0.6 is 0 Å². The second-order valence-electron chi connectivity index (χ2n) is 4.65. The number of sulfonamides is 1. The summed E-state index contributed by atoms with van der Waals surface area (Å²) in [5.41, 5.74) is 0.556. The Morgan fingerprint density at radius 1 is 1.43 bits per heavy atom. The van der Waals surface area contributed by atoms with Gasteiger partial charge in [-0.2, -0.15) is 0 Å². The average Bonchev–Trinajstić information content (AvgIpc) is 2.51. The van der Waals surface area contributed by atoms with Crippen molar-refractivity contribution < 1.29 is 23.1 Å². The molecule has 0 aliphatic heterocycles. The monoisotopic (exact) mass is 315 g/mol. The maximum absolute atomic E-state index is 12.4. The van der Waals surface area contributed by atoms with Crippen molar-refractivity contribution in [1.29, 1.82) is 0 Å². The van der Waals surface area contributed by atoms with Crippen molar-refractivity contribution in [3.8, 4) is 0 Å². The highest BCUT2D eigenvalue weighted by Crippen LogP contribution is 2.21. The zero-order chi connectivity index (χ0) is 16.0. The third kappa shape index (κ3) is 4.52. The first-order valence-electron chi connectivity index (χ1n) is 6.64. The smallest absolute Gasteiger partial charge is 0.306 e. The quantitative estimate of drug-likeness (QED) is 0.767. The molecule has 0 saturated heterocycles. The van der Waals surface area contributed by atoms with Gasteiger partial charge in [0.15, 0.2) is 0 Å². The molecule has 6 nitrogen and oxygen atoms in total. The molecule has 0 amide bonds. The van der Waals surface area contributed by atoms with Gasteiger partial charge in [-0.1, -0.05) is 19.1 Å². The van der Waals surface area contributed by atoms with E-state index in [4.69, 9.17) is 0 Å². The number of benzene rings is 1.